The zero-order valence-electron chi connectivity index (χ0n) is 16.0. The Morgan fingerprint density at radius 1 is 0.542 bits per heavy atom. The van der Waals surface area contributed by atoms with Crippen LogP contribution in [0.25, 0.3) is 0 Å². The normalized spacial score (nSPS) is 11.0. The Hall–Kier alpha value is -1.18. The van der Waals surface area contributed by atoms with Gasteiger partial charge in [0.1, 0.15) is 0 Å². The summed E-state index contributed by atoms with van der Waals surface area (Å²) in [5.41, 5.74) is 14.5. The second-order valence-electron chi connectivity index (χ2n) is 7.35. The molecule has 0 bridgehead atoms. The molecule has 0 spiro atoms. The van der Waals surface area contributed by atoms with Gasteiger partial charge in [0.15, 0.2) is 0 Å². The van der Waals surface area contributed by atoms with Gasteiger partial charge in [-0.05, 0) is 36.6 Å². The lowest BCUT2D eigenvalue weighted by Gasteiger charge is -2.05. The molecule has 0 saturated carbocycles. The molecule has 0 amide bonds. The van der Waals surface area contributed by atoms with Crippen molar-refractivity contribution < 1.29 is 0 Å². The van der Waals surface area contributed by atoms with Gasteiger partial charge in [0.05, 0.1) is 0 Å². The second-order valence-corrected chi connectivity index (χ2v) is 7.35. The van der Waals surface area contributed by atoms with Gasteiger partial charge >= 0.3 is 0 Å². The van der Waals surface area contributed by atoms with Crippen LogP contribution in [0.2, 0.25) is 0 Å². The minimum Gasteiger partial charge on any atom is -0.399 e. The van der Waals surface area contributed by atoms with Crippen LogP contribution in [-0.4, -0.2) is 0 Å². The maximum Gasteiger partial charge on any atom is 0.0337 e. The molecule has 0 aliphatic rings. The molecule has 0 atom stereocenters. The molecule has 2 heteroatoms. The number of benzene rings is 1. The van der Waals surface area contributed by atoms with Crippen LogP contribution in [0, 0.1) is 0 Å². The third-order valence-electron chi connectivity index (χ3n) is 4.86. The lowest BCUT2D eigenvalue weighted by molar-refractivity contribution is 0.535. The van der Waals surface area contributed by atoms with Crippen molar-refractivity contribution >= 4 is 11.4 Å². The first-order valence-electron chi connectivity index (χ1n) is 10.4. The van der Waals surface area contributed by atoms with E-state index in [1.807, 2.05) is 6.07 Å². The fraction of sp³-hybridized carbons (Fsp3) is 0.727. The van der Waals surface area contributed by atoms with Gasteiger partial charge in [0.2, 0.25) is 0 Å². The number of hydrogen-bond acceptors (Lipinski definition) is 2. The molecule has 0 fully saturated rings. The molecule has 1 aromatic rings. The Morgan fingerprint density at radius 2 is 0.917 bits per heavy atom. The first-order chi connectivity index (χ1) is 11.7. The molecule has 0 aliphatic carbocycles. The lowest BCUT2D eigenvalue weighted by atomic mass is 10.0. The fourth-order valence-corrected chi connectivity index (χ4v) is 3.41. The summed E-state index contributed by atoms with van der Waals surface area (Å²) in [6.07, 6.45) is 20.8. The highest BCUT2D eigenvalue weighted by Gasteiger charge is 1.98. The predicted octanol–water partition coefficient (Wildman–Crippen LogP) is 6.87. The molecule has 0 unspecified atom stereocenters. The van der Waals surface area contributed by atoms with Crippen LogP contribution in [0.3, 0.4) is 0 Å². The standard InChI is InChI=1S/C22H40N2/c1-2-3-4-5-6-7-8-9-10-11-12-13-14-15-16-20-17-21(23)19-22(24)18-20/h17-19H,2-16,23-24H2,1H3. The number of nitrogen functional groups attached to an aromatic ring is 2. The molecule has 138 valence electrons. The summed E-state index contributed by atoms with van der Waals surface area (Å²) in [5, 5.41) is 0. The third kappa shape index (κ3) is 11.4. The van der Waals surface area contributed by atoms with Crippen LogP contribution in [0.1, 0.15) is 102 Å². The molecule has 1 aromatic carbocycles. The Balaban J connectivity index is 1.84. The van der Waals surface area contributed by atoms with Crippen LogP contribution in [-0.2, 0) is 6.42 Å². The highest BCUT2D eigenvalue weighted by atomic mass is 14.6. The Morgan fingerprint density at radius 3 is 1.33 bits per heavy atom. The molecule has 0 aromatic heterocycles. The molecule has 0 saturated heterocycles. The second kappa shape index (κ2) is 14.2. The van der Waals surface area contributed by atoms with Crippen molar-refractivity contribution in [3.63, 3.8) is 0 Å². The van der Waals surface area contributed by atoms with Gasteiger partial charge in [0, 0.05) is 11.4 Å². The highest BCUT2D eigenvalue weighted by molar-refractivity contribution is 5.54. The van der Waals surface area contributed by atoms with Gasteiger partial charge in [-0.2, -0.15) is 0 Å². The monoisotopic (exact) mass is 332 g/mol. The van der Waals surface area contributed by atoms with E-state index in [4.69, 9.17) is 11.5 Å². The minimum atomic E-state index is 0.787. The maximum absolute atomic E-state index is 5.83. The maximum atomic E-state index is 5.83. The largest absolute Gasteiger partial charge is 0.399 e. The van der Waals surface area contributed by atoms with Gasteiger partial charge in [-0.15, -0.1) is 0 Å². The SMILES string of the molecule is CCCCCCCCCCCCCCCCc1cc(N)cc(N)c1. The Bertz CT molecular complexity index is 394. The number of rotatable bonds is 15. The quantitative estimate of drug-likeness (QED) is 0.272. The minimum absolute atomic E-state index is 0.787. The van der Waals surface area contributed by atoms with E-state index in [9.17, 15) is 0 Å². The van der Waals surface area contributed by atoms with Gasteiger partial charge in [-0.3, -0.25) is 0 Å². The number of nitrogens with two attached hydrogens (primary N) is 2. The summed E-state index contributed by atoms with van der Waals surface area (Å²) >= 11 is 0. The van der Waals surface area contributed by atoms with Gasteiger partial charge in [-0.1, -0.05) is 90.4 Å². The molecule has 0 heterocycles. The van der Waals surface area contributed by atoms with Crippen molar-refractivity contribution in [2.45, 2.75) is 103 Å². The van der Waals surface area contributed by atoms with E-state index in [0.717, 1.165) is 17.8 Å². The van der Waals surface area contributed by atoms with E-state index in [0.29, 0.717) is 0 Å². The summed E-state index contributed by atoms with van der Waals surface area (Å²) in [6.45, 7) is 2.29. The van der Waals surface area contributed by atoms with E-state index in [1.165, 1.54) is 95.5 Å². The van der Waals surface area contributed by atoms with Crippen LogP contribution in [0.4, 0.5) is 11.4 Å². The molecule has 0 aliphatic heterocycles. The van der Waals surface area contributed by atoms with Crippen molar-refractivity contribution in [3.05, 3.63) is 23.8 Å². The van der Waals surface area contributed by atoms with Crippen molar-refractivity contribution in [3.8, 4) is 0 Å². The average Bonchev–Trinajstić information content (AvgIpc) is 2.54. The lowest BCUT2D eigenvalue weighted by Crippen LogP contribution is -1.94. The molecule has 24 heavy (non-hydrogen) atoms. The number of hydrogen-bond donors (Lipinski definition) is 2. The van der Waals surface area contributed by atoms with Gasteiger partial charge in [0.25, 0.3) is 0 Å². The smallest absolute Gasteiger partial charge is 0.0337 e. The zero-order chi connectivity index (χ0) is 17.5. The van der Waals surface area contributed by atoms with E-state index >= 15 is 0 Å². The summed E-state index contributed by atoms with van der Waals surface area (Å²) in [7, 11) is 0. The van der Waals surface area contributed by atoms with Crippen molar-refractivity contribution in [2.24, 2.45) is 0 Å². The number of aryl methyl sites for hydroxylation is 1. The Kier molecular flexibility index (Phi) is 12.3. The number of anilines is 2. The summed E-state index contributed by atoms with van der Waals surface area (Å²) in [5.74, 6) is 0. The fourth-order valence-electron chi connectivity index (χ4n) is 3.41. The van der Waals surface area contributed by atoms with Crippen LogP contribution in [0.5, 0.6) is 0 Å². The summed E-state index contributed by atoms with van der Waals surface area (Å²) in [4.78, 5) is 0. The average molecular weight is 333 g/mol. The molecule has 4 N–H and O–H groups in total. The first-order valence-corrected chi connectivity index (χ1v) is 10.4. The van der Waals surface area contributed by atoms with Gasteiger partial charge in [-0.25, -0.2) is 0 Å². The van der Waals surface area contributed by atoms with Crippen LogP contribution >= 0.6 is 0 Å². The number of unbranched alkanes of at least 4 members (excludes halogenated alkanes) is 13. The van der Waals surface area contributed by atoms with Crippen molar-refractivity contribution in [2.75, 3.05) is 11.5 Å². The summed E-state index contributed by atoms with van der Waals surface area (Å²) < 4.78 is 0. The third-order valence-corrected chi connectivity index (χ3v) is 4.86. The van der Waals surface area contributed by atoms with Gasteiger partial charge < -0.3 is 11.5 Å². The molecular weight excluding hydrogens is 292 g/mol. The summed E-state index contributed by atoms with van der Waals surface area (Å²) in [6, 6.07) is 5.94. The molecule has 0 radical (unpaired) electrons. The molecule has 2 nitrogen and oxygen atoms in total. The van der Waals surface area contributed by atoms with Crippen LogP contribution < -0.4 is 11.5 Å². The van der Waals surface area contributed by atoms with E-state index in [1.54, 1.807) is 0 Å². The zero-order valence-corrected chi connectivity index (χ0v) is 16.0. The van der Waals surface area contributed by atoms with E-state index in [-0.39, 0.29) is 0 Å². The predicted molar refractivity (Wildman–Crippen MR) is 109 cm³/mol. The topological polar surface area (TPSA) is 52.0 Å². The van der Waals surface area contributed by atoms with E-state index < -0.39 is 0 Å². The van der Waals surface area contributed by atoms with Crippen molar-refractivity contribution in [1.29, 1.82) is 0 Å². The molecule has 1 rings (SSSR count). The highest BCUT2D eigenvalue weighted by Crippen LogP contribution is 2.17. The molecular formula is C22H40N2. The Labute approximate surface area is 150 Å². The van der Waals surface area contributed by atoms with Crippen molar-refractivity contribution in [1.82, 2.24) is 0 Å². The first kappa shape index (κ1) is 20.9. The van der Waals surface area contributed by atoms with E-state index in [2.05, 4.69) is 19.1 Å². The van der Waals surface area contributed by atoms with Crippen LogP contribution in [0.15, 0.2) is 18.2 Å².